The van der Waals surface area contributed by atoms with E-state index in [0.29, 0.717) is 23.8 Å². The van der Waals surface area contributed by atoms with Crippen LogP contribution in [-0.4, -0.2) is 45.2 Å². The van der Waals surface area contributed by atoms with Crippen molar-refractivity contribution in [1.82, 2.24) is 9.80 Å². The van der Waals surface area contributed by atoms with Crippen molar-refractivity contribution in [2.24, 2.45) is 0 Å². The molecule has 1 atom stereocenters. The van der Waals surface area contributed by atoms with Crippen LogP contribution < -0.4 is 4.90 Å². The van der Waals surface area contributed by atoms with Crippen LogP contribution in [0.4, 0.5) is 17.1 Å². The summed E-state index contributed by atoms with van der Waals surface area (Å²) >= 11 is 5.47. The predicted molar refractivity (Wildman–Crippen MR) is 190 cm³/mol. The first-order chi connectivity index (χ1) is 21.9. The Morgan fingerprint density at radius 3 is 1.67 bits per heavy atom. The second-order valence-corrected chi connectivity index (χ2v) is 11.6. The van der Waals surface area contributed by atoms with Crippen LogP contribution in [0, 0.1) is 0 Å². The first-order valence-corrected chi connectivity index (χ1v) is 15.7. The Hall–Kier alpha value is -5.04. The molecule has 0 spiro atoms. The quantitative estimate of drug-likeness (QED) is 0.152. The summed E-state index contributed by atoms with van der Waals surface area (Å²) in [5.41, 5.74) is 4.37. The molecule has 1 amide bonds. The predicted octanol–water partition coefficient (Wildman–Crippen LogP) is 8.79. The number of likely N-dealkylation sites (N-methyl/N-ethyl adjacent to an activating group) is 2. The summed E-state index contributed by atoms with van der Waals surface area (Å²) in [6.45, 7) is 4.76. The lowest BCUT2D eigenvalue weighted by molar-refractivity contribution is -0.127. The molecule has 6 aromatic carbocycles. The Labute approximate surface area is 268 Å². The van der Waals surface area contributed by atoms with Crippen LogP contribution in [0.2, 0.25) is 0 Å². The van der Waals surface area contributed by atoms with Gasteiger partial charge in [0.2, 0.25) is 0 Å². The molecule has 1 N–H and O–H groups in total. The van der Waals surface area contributed by atoms with Crippen molar-refractivity contribution < 1.29 is 9.90 Å². The molecule has 222 valence electrons. The van der Waals surface area contributed by atoms with Gasteiger partial charge in [0.1, 0.15) is 0 Å². The zero-order chi connectivity index (χ0) is 31.1. The van der Waals surface area contributed by atoms with Gasteiger partial charge in [0.25, 0.3) is 5.91 Å². The zero-order valence-corrected chi connectivity index (χ0v) is 26.0. The number of rotatable bonds is 6. The highest BCUT2D eigenvalue weighted by molar-refractivity contribution is 7.80. The summed E-state index contributed by atoms with van der Waals surface area (Å²) in [6.07, 6.45) is 0.706. The van der Waals surface area contributed by atoms with Crippen LogP contribution in [-0.2, 0) is 4.79 Å². The van der Waals surface area contributed by atoms with E-state index in [1.807, 2.05) is 19.9 Å². The van der Waals surface area contributed by atoms with Crippen LogP contribution in [0.3, 0.4) is 0 Å². The number of fused-ring (bicyclic) bond motifs is 3. The molecule has 5 nitrogen and oxygen atoms in total. The highest BCUT2D eigenvalue weighted by atomic mass is 32.1. The van der Waals surface area contributed by atoms with Gasteiger partial charge >= 0.3 is 0 Å². The first-order valence-electron chi connectivity index (χ1n) is 15.3. The number of aliphatic hydroxyl groups is 1. The normalized spacial score (nSPS) is 16.3. The highest BCUT2D eigenvalue weighted by Gasteiger charge is 2.37. The molecule has 0 bridgehead atoms. The molecule has 7 rings (SSSR count). The molecule has 45 heavy (non-hydrogen) atoms. The number of amides is 1. The summed E-state index contributed by atoms with van der Waals surface area (Å²) in [7, 11) is 0. The molecule has 0 radical (unpaired) electrons. The van der Waals surface area contributed by atoms with Gasteiger partial charge in [-0.2, -0.15) is 0 Å². The van der Waals surface area contributed by atoms with Crippen molar-refractivity contribution in [3.63, 3.8) is 0 Å². The van der Waals surface area contributed by atoms with E-state index in [1.54, 1.807) is 15.9 Å². The monoisotopic (exact) mass is 607 g/mol. The van der Waals surface area contributed by atoms with Gasteiger partial charge in [0, 0.05) is 30.2 Å². The summed E-state index contributed by atoms with van der Waals surface area (Å²) < 4.78 is 0. The van der Waals surface area contributed by atoms with E-state index in [1.165, 1.54) is 21.5 Å². The van der Waals surface area contributed by atoms with Gasteiger partial charge in [-0.15, -0.1) is 0 Å². The first kappa shape index (κ1) is 28.7. The van der Waals surface area contributed by atoms with Crippen molar-refractivity contribution in [3.05, 3.63) is 132 Å². The van der Waals surface area contributed by atoms with Gasteiger partial charge in [-0.05, 0) is 112 Å². The Balaban J connectivity index is 1.31. The number of thiocarbonyl (C=S) groups is 1. The van der Waals surface area contributed by atoms with Crippen molar-refractivity contribution >= 4 is 78.7 Å². The van der Waals surface area contributed by atoms with Crippen molar-refractivity contribution in [3.8, 4) is 0 Å². The van der Waals surface area contributed by atoms with E-state index < -0.39 is 6.23 Å². The second-order valence-electron chi connectivity index (χ2n) is 11.3. The average molecular weight is 608 g/mol. The van der Waals surface area contributed by atoms with Crippen LogP contribution in [0.5, 0.6) is 0 Å². The topological polar surface area (TPSA) is 47.0 Å². The van der Waals surface area contributed by atoms with E-state index in [2.05, 4.69) is 120 Å². The van der Waals surface area contributed by atoms with Crippen LogP contribution in [0.15, 0.2) is 127 Å². The van der Waals surface area contributed by atoms with E-state index in [0.717, 1.165) is 33.4 Å². The van der Waals surface area contributed by atoms with E-state index in [-0.39, 0.29) is 5.91 Å². The van der Waals surface area contributed by atoms with Crippen LogP contribution >= 0.6 is 12.2 Å². The standard InChI is InChI=1S/C39H33N3O2S/c1-3-40-37(43)36(38(44)41(4-2)39(40)45)22-26-13-14-32-25-35(20-17-31(32)21-26)42(33-18-15-27-9-5-7-11-29(27)23-33)34-19-16-28-10-6-8-12-30(28)24-34/h5-25,37,43H,3-4H2,1-2H3. The average Bonchev–Trinajstić information content (AvgIpc) is 3.07. The fourth-order valence-corrected chi connectivity index (χ4v) is 6.68. The Morgan fingerprint density at radius 2 is 1.13 bits per heavy atom. The minimum atomic E-state index is -1.08. The molecule has 0 saturated carbocycles. The molecule has 6 heteroatoms. The third-order valence-corrected chi connectivity index (χ3v) is 9.06. The molecule has 1 saturated heterocycles. The lowest BCUT2D eigenvalue weighted by Gasteiger charge is -2.40. The number of benzene rings is 6. The second kappa shape index (κ2) is 11.8. The lowest BCUT2D eigenvalue weighted by atomic mass is 10.0. The third kappa shape index (κ3) is 5.22. The smallest absolute Gasteiger partial charge is 0.260 e. The Kier molecular flexibility index (Phi) is 7.53. The molecule has 0 aliphatic carbocycles. The van der Waals surface area contributed by atoms with Crippen LogP contribution in [0.1, 0.15) is 19.4 Å². The van der Waals surface area contributed by atoms with Crippen LogP contribution in [0.25, 0.3) is 38.4 Å². The van der Waals surface area contributed by atoms with E-state index in [9.17, 15) is 9.90 Å². The highest BCUT2D eigenvalue weighted by Crippen LogP contribution is 2.39. The molecular weight excluding hydrogens is 575 g/mol. The Bertz CT molecular complexity index is 2060. The maximum Gasteiger partial charge on any atom is 0.260 e. The minimum Gasteiger partial charge on any atom is -0.369 e. The fourth-order valence-electron chi connectivity index (χ4n) is 6.24. The molecule has 1 heterocycles. The van der Waals surface area contributed by atoms with E-state index >= 15 is 0 Å². The fraction of sp³-hybridized carbons (Fsp3) is 0.128. The number of nitrogens with zero attached hydrogens (tertiary/aromatic N) is 3. The summed E-state index contributed by atoms with van der Waals surface area (Å²) in [5, 5.41) is 18.3. The number of hydrogen-bond donors (Lipinski definition) is 1. The largest absolute Gasteiger partial charge is 0.369 e. The molecule has 0 aromatic heterocycles. The minimum absolute atomic E-state index is 0.253. The van der Waals surface area contributed by atoms with Crippen molar-refractivity contribution in [1.29, 1.82) is 0 Å². The van der Waals surface area contributed by atoms with Gasteiger partial charge in [0.15, 0.2) is 11.3 Å². The Morgan fingerprint density at radius 1 is 0.667 bits per heavy atom. The number of carbonyl (C=O) groups excluding carboxylic acids is 1. The zero-order valence-electron chi connectivity index (χ0n) is 25.2. The van der Waals surface area contributed by atoms with E-state index in [4.69, 9.17) is 12.2 Å². The van der Waals surface area contributed by atoms with Gasteiger partial charge in [-0.1, -0.05) is 78.9 Å². The maximum absolute atomic E-state index is 13.2. The van der Waals surface area contributed by atoms with Gasteiger partial charge in [-0.3, -0.25) is 9.69 Å². The van der Waals surface area contributed by atoms with Gasteiger partial charge in [0.05, 0.1) is 5.57 Å². The maximum atomic E-state index is 13.2. The lowest BCUT2D eigenvalue weighted by Crippen LogP contribution is -2.57. The van der Waals surface area contributed by atoms with Crippen molar-refractivity contribution in [2.75, 3.05) is 18.0 Å². The summed E-state index contributed by atoms with van der Waals surface area (Å²) in [6, 6.07) is 42.6. The number of hydrogen-bond acceptors (Lipinski definition) is 4. The summed E-state index contributed by atoms with van der Waals surface area (Å²) in [4.78, 5) is 18.8. The SMILES string of the molecule is CCN1C(=O)C(=Cc2ccc3cc(N(c4ccc5ccccc5c4)c4ccc5ccccc5c4)ccc3c2)C(O)N(CC)C1=S. The summed E-state index contributed by atoms with van der Waals surface area (Å²) in [5.74, 6) is -0.253. The molecule has 1 aliphatic heterocycles. The van der Waals surface area contributed by atoms with Crippen molar-refractivity contribution in [2.45, 2.75) is 20.1 Å². The molecule has 1 unspecified atom stereocenters. The number of carbonyl (C=O) groups is 1. The molecule has 6 aromatic rings. The third-order valence-electron chi connectivity index (χ3n) is 8.61. The number of anilines is 3. The van der Waals surface area contributed by atoms with Gasteiger partial charge in [-0.25, -0.2) is 0 Å². The van der Waals surface area contributed by atoms with Gasteiger partial charge < -0.3 is 14.9 Å². The number of aliphatic hydroxyl groups excluding tert-OH is 1. The molecule has 1 fully saturated rings. The molecule has 1 aliphatic rings. The molecular formula is C39H33N3O2S.